The molecule has 21 heavy (non-hydrogen) atoms. The Labute approximate surface area is 123 Å². The largest absolute Gasteiger partial charge is 0.487 e. The van der Waals surface area contributed by atoms with Gasteiger partial charge in [0, 0.05) is 17.8 Å². The first-order valence-electron chi connectivity index (χ1n) is 6.56. The molecule has 0 unspecified atom stereocenters. The first kappa shape index (κ1) is 14.9. The molecule has 0 atom stereocenters. The van der Waals surface area contributed by atoms with Crippen LogP contribution in [0.15, 0.2) is 30.3 Å². The zero-order valence-corrected chi connectivity index (χ0v) is 12.0. The molecule has 2 rings (SSSR count). The molecule has 0 aliphatic carbocycles. The van der Waals surface area contributed by atoms with Crippen molar-refractivity contribution in [2.45, 2.75) is 20.1 Å². The monoisotopic (exact) mass is 285 g/mol. The minimum absolute atomic E-state index is 0.0583. The summed E-state index contributed by atoms with van der Waals surface area (Å²) in [4.78, 5) is 4.40. The highest BCUT2D eigenvalue weighted by molar-refractivity contribution is 5.34. The molecule has 0 fully saturated rings. The SMILES string of the molecule is CNCc1nc(C)ccc1OCc1cc(C#N)ccc1F. The third kappa shape index (κ3) is 3.77. The van der Waals surface area contributed by atoms with Crippen LogP contribution in [-0.4, -0.2) is 12.0 Å². The summed E-state index contributed by atoms with van der Waals surface area (Å²) in [5, 5.41) is 11.9. The Morgan fingerprint density at radius 1 is 1.33 bits per heavy atom. The number of hydrogen-bond donors (Lipinski definition) is 1. The van der Waals surface area contributed by atoms with Gasteiger partial charge in [-0.3, -0.25) is 4.98 Å². The molecule has 1 N–H and O–H groups in total. The van der Waals surface area contributed by atoms with Crippen LogP contribution in [0.25, 0.3) is 0 Å². The molecule has 0 spiro atoms. The number of nitriles is 1. The molecule has 0 aliphatic rings. The minimum Gasteiger partial charge on any atom is -0.487 e. The predicted octanol–water partition coefficient (Wildman–Crippen LogP) is 2.70. The lowest BCUT2D eigenvalue weighted by Gasteiger charge is -2.12. The van der Waals surface area contributed by atoms with Crippen molar-refractivity contribution in [3.63, 3.8) is 0 Å². The van der Waals surface area contributed by atoms with Gasteiger partial charge in [-0.1, -0.05) is 0 Å². The molecule has 1 heterocycles. The number of pyridine rings is 1. The number of aromatic nitrogens is 1. The van der Waals surface area contributed by atoms with Crippen LogP contribution in [-0.2, 0) is 13.2 Å². The van der Waals surface area contributed by atoms with Crippen LogP contribution in [0.2, 0.25) is 0 Å². The van der Waals surface area contributed by atoms with Crippen molar-refractivity contribution in [2.24, 2.45) is 0 Å². The molecular formula is C16H16FN3O. The van der Waals surface area contributed by atoms with E-state index in [1.54, 1.807) is 0 Å². The number of ether oxygens (including phenoxy) is 1. The smallest absolute Gasteiger partial charge is 0.142 e. The maximum absolute atomic E-state index is 13.7. The summed E-state index contributed by atoms with van der Waals surface area (Å²) in [5.41, 5.74) is 2.43. The second-order valence-electron chi connectivity index (χ2n) is 4.63. The Kier molecular flexibility index (Phi) is 4.85. The van der Waals surface area contributed by atoms with Crippen LogP contribution in [0.1, 0.15) is 22.5 Å². The van der Waals surface area contributed by atoms with Gasteiger partial charge in [0.2, 0.25) is 0 Å². The summed E-state index contributed by atoms with van der Waals surface area (Å²) in [6.45, 7) is 2.53. The van der Waals surface area contributed by atoms with Crippen LogP contribution in [0, 0.1) is 24.1 Å². The fourth-order valence-corrected chi connectivity index (χ4v) is 1.93. The summed E-state index contributed by atoms with van der Waals surface area (Å²) >= 11 is 0. The van der Waals surface area contributed by atoms with Gasteiger partial charge < -0.3 is 10.1 Å². The lowest BCUT2D eigenvalue weighted by Crippen LogP contribution is -2.10. The fraction of sp³-hybridized carbons (Fsp3) is 0.250. The van der Waals surface area contributed by atoms with Gasteiger partial charge in [-0.25, -0.2) is 4.39 Å². The van der Waals surface area contributed by atoms with Crippen molar-refractivity contribution in [3.05, 3.63) is 58.7 Å². The number of halogens is 1. The molecule has 1 aromatic carbocycles. The van der Waals surface area contributed by atoms with Gasteiger partial charge in [-0.2, -0.15) is 5.26 Å². The number of aryl methyl sites for hydroxylation is 1. The Bertz CT molecular complexity index is 680. The third-order valence-electron chi connectivity index (χ3n) is 2.97. The van der Waals surface area contributed by atoms with E-state index in [-0.39, 0.29) is 12.4 Å². The third-order valence-corrected chi connectivity index (χ3v) is 2.97. The topological polar surface area (TPSA) is 57.9 Å². The summed E-state index contributed by atoms with van der Waals surface area (Å²) in [6, 6.07) is 9.87. The zero-order chi connectivity index (χ0) is 15.2. The lowest BCUT2D eigenvalue weighted by atomic mass is 10.1. The van der Waals surface area contributed by atoms with E-state index in [0.717, 1.165) is 11.4 Å². The van der Waals surface area contributed by atoms with Gasteiger partial charge in [0.25, 0.3) is 0 Å². The Morgan fingerprint density at radius 3 is 2.86 bits per heavy atom. The summed E-state index contributed by atoms with van der Waals surface area (Å²) in [5.74, 6) is 0.223. The second kappa shape index (κ2) is 6.82. The van der Waals surface area contributed by atoms with Crippen LogP contribution in [0.5, 0.6) is 5.75 Å². The fourth-order valence-electron chi connectivity index (χ4n) is 1.93. The van der Waals surface area contributed by atoms with Crippen molar-refractivity contribution in [2.75, 3.05) is 7.05 Å². The molecule has 4 nitrogen and oxygen atoms in total. The van der Waals surface area contributed by atoms with E-state index < -0.39 is 0 Å². The molecule has 0 saturated heterocycles. The molecular weight excluding hydrogens is 269 g/mol. The molecule has 5 heteroatoms. The highest BCUT2D eigenvalue weighted by Gasteiger charge is 2.08. The van der Waals surface area contributed by atoms with Gasteiger partial charge in [-0.05, 0) is 44.3 Å². The Morgan fingerprint density at radius 2 is 2.14 bits per heavy atom. The van der Waals surface area contributed by atoms with Crippen molar-refractivity contribution >= 4 is 0 Å². The molecule has 0 aliphatic heterocycles. The number of rotatable bonds is 5. The van der Waals surface area contributed by atoms with E-state index in [1.807, 2.05) is 32.2 Å². The van der Waals surface area contributed by atoms with E-state index in [1.165, 1.54) is 18.2 Å². The molecule has 0 amide bonds. The number of nitrogens with one attached hydrogen (secondary N) is 1. The van der Waals surface area contributed by atoms with E-state index in [4.69, 9.17) is 10.00 Å². The predicted molar refractivity (Wildman–Crippen MR) is 77.2 cm³/mol. The average molecular weight is 285 g/mol. The normalized spacial score (nSPS) is 10.2. The highest BCUT2D eigenvalue weighted by atomic mass is 19.1. The van der Waals surface area contributed by atoms with E-state index >= 15 is 0 Å². The van der Waals surface area contributed by atoms with Crippen molar-refractivity contribution in [1.82, 2.24) is 10.3 Å². The summed E-state index contributed by atoms with van der Waals surface area (Å²) in [6.07, 6.45) is 0. The number of nitrogens with zero attached hydrogens (tertiary/aromatic N) is 2. The van der Waals surface area contributed by atoms with Gasteiger partial charge >= 0.3 is 0 Å². The van der Waals surface area contributed by atoms with Crippen molar-refractivity contribution in [1.29, 1.82) is 5.26 Å². The standard InChI is InChI=1S/C16H16FN3O/c1-11-3-6-16(15(20-11)9-19-2)21-10-13-7-12(8-18)4-5-14(13)17/h3-7,19H,9-10H2,1-2H3. The Balaban J connectivity index is 2.18. The maximum Gasteiger partial charge on any atom is 0.142 e. The van der Waals surface area contributed by atoms with Crippen molar-refractivity contribution < 1.29 is 9.13 Å². The summed E-state index contributed by atoms with van der Waals surface area (Å²) < 4.78 is 19.4. The van der Waals surface area contributed by atoms with Crippen LogP contribution in [0.4, 0.5) is 4.39 Å². The molecule has 2 aromatic rings. The Hall–Kier alpha value is -2.45. The van der Waals surface area contributed by atoms with E-state index in [9.17, 15) is 4.39 Å². The zero-order valence-electron chi connectivity index (χ0n) is 12.0. The number of benzene rings is 1. The summed E-state index contributed by atoms with van der Waals surface area (Å²) in [7, 11) is 1.82. The van der Waals surface area contributed by atoms with E-state index in [0.29, 0.717) is 23.4 Å². The molecule has 0 saturated carbocycles. The molecule has 0 bridgehead atoms. The maximum atomic E-state index is 13.7. The first-order chi connectivity index (χ1) is 10.1. The van der Waals surface area contributed by atoms with Gasteiger partial charge in [-0.15, -0.1) is 0 Å². The average Bonchev–Trinajstić information content (AvgIpc) is 2.48. The van der Waals surface area contributed by atoms with Gasteiger partial charge in [0.05, 0.1) is 17.3 Å². The highest BCUT2D eigenvalue weighted by Crippen LogP contribution is 2.19. The second-order valence-corrected chi connectivity index (χ2v) is 4.63. The van der Waals surface area contributed by atoms with Crippen LogP contribution >= 0.6 is 0 Å². The van der Waals surface area contributed by atoms with E-state index in [2.05, 4.69) is 10.3 Å². The minimum atomic E-state index is -0.385. The molecule has 108 valence electrons. The molecule has 0 radical (unpaired) electrons. The van der Waals surface area contributed by atoms with Crippen LogP contribution in [0.3, 0.4) is 0 Å². The quantitative estimate of drug-likeness (QED) is 0.917. The molecule has 1 aromatic heterocycles. The van der Waals surface area contributed by atoms with Gasteiger partial charge in [0.15, 0.2) is 0 Å². The lowest BCUT2D eigenvalue weighted by molar-refractivity contribution is 0.294. The van der Waals surface area contributed by atoms with Gasteiger partial charge in [0.1, 0.15) is 18.2 Å². The van der Waals surface area contributed by atoms with Crippen LogP contribution < -0.4 is 10.1 Å². The first-order valence-corrected chi connectivity index (χ1v) is 6.56. The number of hydrogen-bond acceptors (Lipinski definition) is 4. The van der Waals surface area contributed by atoms with Crippen molar-refractivity contribution in [3.8, 4) is 11.8 Å².